The normalized spacial score (nSPS) is 25.1. The van der Waals surface area contributed by atoms with Gasteiger partial charge in [-0.2, -0.15) is 0 Å². The molecule has 104 valence electrons. The van der Waals surface area contributed by atoms with Crippen LogP contribution in [0.3, 0.4) is 0 Å². The summed E-state index contributed by atoms with van der Waals surface area (Å²) in [5.74, 6) is 0.271. The number of sulfonamides is 1. The minimum atomic E-state index is -3.11. The van der Waals surface area contributed by atoms with E-state index in [1.807, 2.05) is 0 Å². The van der Waals surface area contributed by atoms with Crippen molar-refractivity contribution < 1.29 is 8.42 Å². The number of amidine groups is 1. The van der Waals surface area contributed by atoms with Crippen LogP contribution in [0.25, 0.3) is 0 Å². The van der Waals surface area contributed by atoms with Crippen molar-refractivity contribution in [2.75, 3.05) is 13.1 Å². The van der Waals surface area contributed by atoms with Gasteiger partial charge >= 0.3 is 0 Å². The molecular formula is C12H23N3O2S. The van der Waals surface area contributed by atoms with E-state index >= 15 is 0 Å². The molecule has 0 aromatic carbocycles. The first kappa shape index (κ1) is 13.8. The number of hydrogen-bond acceptors (Lipinski definition) is 3. The van der Waals surface area contributed by atoms with Gasteiger partial charge in [0.2, 0.25) is 10.0 Å². The topological polar surface area (TPSA) is 87.2 Å². The van der Waals surface area contributed by atoms with E-state index in [1.54, 1.807) is 4.31 Å². The van der Waals surface area contributed by atoms with E-state index in [9.17, 15) is 8.42 Å². The van der Waals surface area contributed by atoms with Crippen molar-refractivity contribution in [3.05, 3.63) is 0 Å². The Bertz CT molecular complexity index is 394. The molecule has 1 saturated carbocycles. The fourth-order valence-electron chi connectivity index (χ4n) is 3.00. The van der Waals surface area contributed by atoms with Gasteiger partial charge in [0, 0.05) is 19.0 Å². The Morgan fingerprint density at radius 1 is 1.06 bits per heavy atom. The molecule has 0 spiro atoms. The van der Waals surface area contributed by atoms with Gasteiger partial charge in [-0.1, -0.05) is 19.3 Å². The van der Waals surface area contributed by atoms with Crippen molar-refractivity contribution in [2.45, 2.75) is 50.2 Å². The van der Waals surface area contributed by atoms with Gasteiger partial charge in [0.15, 0.2) is 0 Å². The van der Waals surface area contributed by atoms with E-state index in [2.05, 4.69) is 0 Å². The molecule has 2 rings (SSSR count). The number of hydrogen-bond donors (Lipinski definition) is 2. The lowest BCUT2D eigenvalue weighted by atomic mass is 9.97. The van der Waals surface area contributed by atoms with Crippen molar-refractivity contribution in [1.29, 1.82) is 5.41 Å². The van der Waals surface area contributed by atoms with Crippen molar-refractivity contribution in [3.8, 4) is 0 Å². The van der Waals surface area contributed by atoms with Crippen LogP contribution < -0.4 is 5.73 Å². The predicted octanol–water partition coefficient (Wildman–Crippen LogP) is 1.30. The molecule has 2 fully saturated rings. The molecule has 6 heteroatoms. The second-order valence-electron chi connectivity index (χ2n) is 5.43. The summed E-state index contributed by atoms with van der Waals surface area (Å²) in [6.07, 6.45) is 6.26. The lowest BCUT2D eigenvalue weighted by Crippen LogP contribution is -2.45. The zero-order chi connectivity index (χ0) is 13.2. The Morgan fingerprint density at radius 3 is 2.11 bits per heavy atom. The molecule has 0 unspecified atom stereocenters. The summed E-state index contributed by atoms with van der Waals surface area (Å²) in [7, 11) is -3.11. The third-order valence-electron chi connectivity index (χ3n) is 4.23. The Labute approximate surface area is 109 Å². The van der Waals surface area contributed by atoms with Crippen LogP contribution in [-0.4, -0.2) is 36.9 Å². The van der Waals surface area contributed by atoms with Crippen LogP contribution in [0, 0.1) is 11.3 Å². The third kappa shape index (κ3) is 2.85. The molecule has 3 N–H and O–H groups in total. The molecule has 1 saturated heterocycles. The Kier molecular flexibility index (Phi) is 4.27. The van der Waals surface area contributed by atoms with E-state index in [0.717, 1.165) is 25.7 Å². The summed E-state index contributed by atoms with van der Waals surface area (Å²) in [4.78, 5) is 0. The molecule has 0 aromatic heterocycles. The van der Waals surface area contributed by atoms with Crippen molar-refractivity contribution >= 4 is 15.9 Å². The first-order chi connectivity index (χ1) is 8.51. The molecule has 5 nitrogen and oxygen atoms in total. The minimum Gasteiger partial charge on any atom is -0.387 e. The summed E-state index contributed by atoms with van der Waals surface area (Å²) in [5, 5.41) is 7.25. The largest absolute Gasteiger partial charge is 0.387 e. The maximum Gasteiger partial charge on any atom is 0.216 e. The van der Waals surface area contributed by atoms with E-state index in [-0.39, 0.29) is 17.0 Å². The SMILES string of the molecule is N=C(N)C1CCN(S(=O)(=O)C2CCCCC2)CC1. The lowest BCUT2D eigenvalue weighted by molar-refractivity contribution is 0.306. The highest BCUT2D eigenvalue weighted by Gasteiger charge is 2.35. The fraction of sp³-hybridized carbons (Fsp3) is 0.917. The van der Waals surface area contributed by atoms with E-state index in [1.165, 1.54) is 6.42 Å². The number of nitrogens with zero attached hydrogens (tertiary/aromatic N) is 1. The van der Waals surface area contributed by atoms with Gasteiger partial charge in [0.05, 0.1) is 11.1 Å². The molecule has 1 aliphatic heterocycles. The maximum absolute atomic E-state index is 12.5. The standard InChI is InChI=1S/C12H23N3O2S/c13-12(14)10-6-8-15(9-7-10)18(16,17)11-4-2-1-3-5-11/h10-11H,1-9H2,(H3,13,14). The number of nitrogens with one attached hydrogen (secondary N) is 1. The smallest absolute Gasteiger partial charge is 0.216 e. The fourth-order valence-corrected chi connectivity index (χ4v) is 5.07. The van der Waals surface area contributed by atoms with Gasteiger partial charge in [-0.3, -0.25) is 5.41 Å². The molecule has 18 heavy (non-hydrogen) atoms. The molecule has 0 radical (unpaired) electrons. The molecule has 1 heterocycles. The predicted molar refractivity (Wildman–Crippen MR) is 72.0 cm³/mol. The van der Waals surface area contributed by atoms with E-state index < -0.39 is 10.0 Å². The zero-order valence-corrected chi connectivity index (χ0v) is 11.6. The molecular weight excluding hydrogens is 250 g/mol. The molecule has 0 bridgehead atoms. The van der Waals surface area contributed by atoms with Crippen LogP contribution in [0.15, 0.2) is 0 Å². The van der Waals surface area contributed by atoms with Crippen molar-refractivity contribution in [1.82, 2.24) is 4.31 Å². The number of nitrogens with two attached hydrogens (primary N) is 1. The third-order valence-corrected chi connectivity index (χ3v) is 6.63. The summed E-state index contributed by atoms with van der Waals surface area (Å²) in [5.41, 5.74) is 5.48. The van der Waals surface area contributed by atoms with Crippen LogP contribution in [0.1, 0.15) is 44.9 Å². The van der Waals surface area contributed by atoms with Crippen LogP contribution in [0.5, 0.6) is 0 Å². The van der Waals surface area contributed by atoms with Crippen LogP contribution in [0.2, 0.25) is 0 Å². The van der Waals surface area contributed by atoms with Gasteiger partial charge in [0.1, 0.15) is 0 Å². The number of piperidine rings is 1. The van der Waals surface area contributed by atoms with Crippen molar-refractivity contribution in [3.63, 3.8) is 0 Å². The average molecular weight is 273 g/mol. The minimum absolute atomic E-state index is 0.0720. The maximum atomic E-state index is 12.5. The highest BCUT2D eigenvalue weighted by molar-refractivity contribution is 7.89. The second kappa shape index (κ2) is 5.57. The molecule has 0 aromatic rings. The molecule has 1 aliphatic carbocycles. The van der Waals surface area contributed by atoms with Gasteiger partial charge in [0.25, 0.3) is 0 Å². The summed E-state index contributed by atoms with van der Waals surface area (Å²) in [6.45, 7) is 1.06. The zero-order valence-electron chi connectivity index (χ0n) is 10.8. The highest BCUT2D eigenvalue weighted by atomic mass is 32.2. The van der Waals surface area contributed by atoms with E-state index in [4.69, 9.17) is 11.1 Å². The Balaban J connectivity index is 1.97. The lowest BCUT2D eigenvalue weighted by Gasteiger charge is -2.34. The summed E-state index contributed by atoms with van der Waals surface area (Å²) in [6, 6.07) is 0. The summed E-state index contributed by atoms with van der Waals surface area (Å²) < 4.78 is 26.5. The molecule has 0 amide bonds. The van der Waals surface area contributed by atoms with Crippen LogP contribution in [-0.2, 0) is 10.0 Å². The van der Waals surface area contributed by atoms with Crippen molar-refractivity contribution in [2.24, 2.45) is 11.7 Å². The molecule has 2 aliphatic rings. The average Bonchev–Trinajstić information content (AvgIpc) is 2.40. The van der Waals surface area contributed by atoms with E-state index in [0.29, 0.717) is 25.9 Å². The van der Waals surface area contributed by atoms with Gasteiger partial charge in [-0.25, -0.2) is 12.7 Å². The number of rotatable bonds is 3. The Hall–Kier alpha value is -0.620. The quantitative estimate of drug-likeness (QED) is 0.600. The van der Waals surface area contributed by atoms with Gasteiger partial charge < -0.3 is 5.73 Å². The first-order valence-corrected chi connectivity index (χ1v) is 8.35. The van der Waals surface area contributed by atoms with Gasteiger partial charge in [-0.15, -0.1) is 0 Å². The monoisotopic (exact) mass is 273 g/mol. The van der Waals surface area contributed by atoms with Crippen LogP contribution in [0.4, 0.5) is 0 Å². The molecule has 0 atom stereocenters. The highest BCUT2D eigenvalue weighted by Crippen LogP contribution is 2.28. The second-order valence-corrected chi connectivity index (χ2v) is 7.65. The first-order valence-electron chi connectivity index (χ1n) is 6.84. The van der Waals surface area contributed by atoms with Gasteiger partial charge in [-0.05, 0) is 25.7 Å². The Morgan fingerprint density at radius 2 is 1.61 bits per heavy atom. The summed E-state index contributed by atoms with van der Waals surface area (Å²) >= 11 is 0. The van der Waals surface area contributed by atoms with Crippen LogP contribution >= 0.6 is 0 Å².